The van der Waals surface area contributed by atoms with Gasteiger partial charge in [-0.1, -0.05) is 29.8 Å². The van der Waals surface area contributed by atoms with E-state index in [1.807, 2.05) is 38.1 Å². The van der Waals surface area contributed by atoms with Gasteiger partial charge in [-0.3, -0.25) is 5.43 Å². The minimum absolute atomic E-state index is 0.212. The second-order valence-electron chi connectivity index (χ2n) is 4.63. The fourth-order valence-corrected chi connectivity index (χ4v) is 1.73. The van der Waals surface area contributed by atoms with E-state index in [4.69, 9.17) is 0 Å². The molecule has 0 unspecified atom stereocenters. The maximum atomic E-state index is 12.8. The third-order valence-corrected chi connectivity index (χ3v) is 2.80. The van der Waals surface area contributed by atoms with Crippen molar-refractivity contribution in [1.82, 2.24) is 0 Å². The van der Waals surface area contributed by atoms with Gasteiger partial charge in [0, 0.05) is 12.1 Å². The zero-order chi connectivity index (χ0) is 13.7. The normalized spacial score (nSPS) is 11.4. The number of aryl methyl sites for hydroxylation is 1. The molecule has 0 fully saturated rings. The van der Waals surface area contributed by atoms with Crippen LogP contribution in [0.5, 0.6) is 0 Å². The summed E-state index contributed by atoms with van der Waals surface area (Å²) >= 11 is 0. The number of halogens is 1. The van der Waals surface area contributed by atoms with E-state index in [-0.39, 0.29) is 5.82 Å². The quantitative estimate of drug-likeness (QED) is 0.644. The van der Waals surface area contributed by atoms with Crippen molar-refractivity contribution < 1.29 is 4.39 Å². The molecule has 3 heteroatoms. The van der Waals surface area contributed by atoms with Crippen molar-refractivity contribution in [2.75, 3.05) is 5.43 Å². The Balaban J connectivity index is 1.95. The highest BCUT2D eigenvalue weighted by Gasteiger charge is 1.97. The average Bonchev–Trinajstić information content (AvgIpc) is 2.41. The Morgan fingerprint density at radius 3 is 2.32 bits per heavy atom. The molecule has 2 rings (SSSR count). The Bertz CT molecular complexity index is 556. The van der Waals surface area contributed by atoms with Crippen LogP contribution in [-0.4, -0.2) is 5.71 Å². The molecule has 0 heterocycles. The van der Waals surface area contributed by atoms with Crippen molar-refractivity contribution in [1.29, 1.82) is 0 Å². The first-order valence-corrected chi connectivity index (χ1v) is 6.24. The number of rotatable bonds is 4. The van der Waals surface area contributed by atoms with Crippen molar-refractivity contribution in [3.63, 3.8) is 0 Å². The maximum absolute atomic E-state index is 12.8. The summed E-state index contributed by atoms with van der Waals surface area (Å²) in [5.74, 6) is -0.212. The van der Waals surface area contributed by atoms with Crippen molar-refractivity contribution in [3.05, 3.63) is 65.5 Å². The lowest BCUT2D eigenvalue weighted by molar-refractivity contribution is 0.627. The molecule has 0 aromatic heterocycles. The van der Waals surface area contributed by atoms with Crippen LogP contribution in [0.15, 0.2) is 53.6 Å². The van der Waals surface area contributed by atoms with Crippen LogP contribution >= 0.6 is 0 Å². The van der Waals surface area contributed by atoms with E-state index in [1.165, 1.54) is 17.7 Å². The monoisotopic (exact) mass is 256 g/mol. The second kappa shape index (κ2) is 6.14. The first kappa shape index (κ1) is 13.3. The number of nitrogens with zero attached hydrogens (tertiary/aromatic N) is 1. The molecule has 0 spiro atoms. The molecule has 0 atom stereocenters. The van der Waals surface area contributed by atoms with Crippen LogP contribution in [0.4, 0.5) is 10.1 Å². The molecule has 1 N–H and O–H groups in total. The summed E-state index contributed by atoms with van der Waals surface area (Å²) in [4.78, 5) is 0. The summed E-state index contributed by atoms with van der Waals surface area (Å²) in [5, 5.41) is 4.31. The van der Waals surface area contributed by atoms with Crippen LogP contribution in [0.25, 0.3) is 0 Å². The molecule has 2 aromatic rings. The highest BCUT2D eigenvalue weighted by molar-refractivity contribution is 5.84. The molecule has 0 bridgehead atoms. The van der Waals surface area contributed by atoms with Crippen LogP contribution in [0.2, 0.25) is 0 Å². The number of hydrogen-bond acceptors (Lipinski definition) is 2. The van der Waals surface area contributed by atoms with Gasteiger partial charge in [0.1, 0.15) is 5.82 Å². The summed E-state index contributed by atoms with van der Waals surface area (Å²) in [6.07, 6.45) is 0.707. The zero-order valence-electron chi connectivity index (χ0n) is 11.2. The highest BCUT2D eigenvalue weighted by Crippen LogP contribution is 2.09. The molecule has 2 nitrogen and oxygen atoms in total. The van der Waals surface area contributed by atoms with E-state index in [0.29, 0.717) is 6.42 Å². The first-order chi connectivity index (χ1) is 9.13. The third-order valence-electron chi connectivity index (χ3n) is 2.80. The number of hydrazone groups is 1. The summed E-state index contributed by atoms with van der Waals surface area (Å²) < 4.78 is 12.8. The molecule has 0 amide bonds. The molecule has 0 aliphatic carbocycles. The van der Waals surface area contributed by atoms with E-state index in [2.05, 4.69) is 10.5 Å². The Labute approximate surface area is 113 Å². The molecular weight excluding hydrogens is 239 g/mol. The summed E-state index contributed by atoms with van der Waals surface area (Å²) in [6.45, 7) is 4.00. The minimum atomic E-state index is -0.212. The van der Waals surface area contributed by atoms with E-state index >= 15 is 0 Å². The average molecular weight is 256 g/mol. The van der Waals surface area contributed by atoms with Crippen LogP contribution in [-0.2, 0) is 6.42 Å². The van der Waals surface area contributed by atoms with E-state index in [0.717, 1.165) is 17.0 Å². The van der Waals surface area contributed by atoms with Crippen LogP contribution in [0.3, 0.4) is 0 Å². The van der Waals surface area contributed by atoms with Gasteiger partial charge in [-0.2, -0.15) is 5.10 Å². The molecule has 0 radical (unpaired) electrons. The van der Waals surface area contributed by atoms with Crippen molar-refractivity contribution in [2.24, 2.45) is 5.10 Å². The summed E-state index contributed by atoms with van der Waals surface area (Å²) in [7, 11) is 0. The summed E-state index contributed by atoms with van der Waals surface area (Å²) in [6, 6.07) is 14.5. The predicted molar refractivity (Wildman–Crippen MR) is 78.0 cm³/mol. The third kappa shape index (κ3) is 4.21. The lowest BCUT2D eigenvalue weighted by Gasteiger charge is -2.04. The fourth-order valence-electron chi connectivity index (χ4n) is 1.73. The molecule has 0 aliphatic heterocycles. The van der Waals surface area contributed by atoms with E-state index < -0.39 is 0 Å². The Morgan fingerprint density at radius 2 is 1.68 bits per heavy atom. The lowest BCUT2D eigenvalue weighted by atomic mass is 10.1. The van der Waals surface area contributed by atoms with Gasteiger partial charge in [-0.15, -0.1) is 0 Å². The van der Waals surface area contributed by atoms with Crippen LogP contribution in [0, 0.1) is 12.7 Å². The van der Waals surface area contributed by atoms with Gasteiger partial charge >= 0.3 is 0 Å². The fraction of sp³-hybridized carbons (Fsp3) is 0.188. The van der Waals surface area contributed by atoms with Gasteiger partial charge in [0.05, 0.1) is 5.69 Å². The standard InChI is InChI=1S/C16H17FN2/c1-12-3-9-16(10-4-12)19-18-13(2)11-14-5-7-15(17)8-6-14/h3-10,19H,11H2,1-2H3/b18-13-. The number of nitrogens with one attached hydrogen (secondary N) is 1. The largest absolute Gasteiger partial charge is 0.279 e. The van der Waals surface area contributed by atoms with Gasteiger partial charge in [-0.25, -0.2) is 4.39 Å². The molecule has 0 saturated heterocycles. The molecule has 0 saturated carbocycles. The summed E-state index contributed by atoms with van der Waals surface area (Å²) in [5.41, 5.74) is 7.20. The molecule has 2 aromatic carbocycles. The predicted octanol–water partition coefficient (Wildman–Crippen LogP) is 4.16. The SMILES string of the molecule is C/C(Cc1ccc(F)cc1)=N/Nc1ccc(C)cc1. The van der Waals surface area contributed by atoms with Gasteiger partial charge in [0.25, 0.3) is 0 Å². The van der Waals surface area contributed by atoms with Gasteiger partial charge in [0.15, 0.2) is 0 Å². The Morgan fingerprint density at radius 1 is 1.05 bits per heavy atom. The zero-order valence-corrected chi connectivity index (χ0v) is 11.2. The number of anilines is 1. The highest BCUT2D eigenvalue weighted by atomic mass is 19.1. The smallest absolute Gasteiger partial charge is 0.123 e. The topological polar surface area (TPSA) is 24.4 Å². The Hall–Kier alpha value is -2.16. The second-order valence-corrected chi connectivity index (χ2v) is 4.63. The maximum Gasteiger partial charge on any atom is 0.123 e. The van der Waals surface area contributed by atoms with Crippen LogP contribution in [0.1, 0.15) is 18.1 Å². The lowest BCUT2D eigenvalue weighted by Crippen LogP contribution is -2.01. The molecule has 0 aliphatic rings. The number of benzene rings is 2. The molecular formula is C16H17FN2. The van der Waals surface area contributed by atoms with E-state index in [1.54, 1.807) is 12.1 Å². The minimum Gasteiger partial charge on any atom is -0.279 e. The van der Waals surface area contributed by atoms with Crippen molar-refractivity contribution in [3.8, 4) is 0 Å². The van der Waals surface area contributed by atoms with Crippen molar-refractivity contribution in [2.45, 2.75) is 20.3 Å². The van der Waals surface area contributed by atoms with Crippen LogP contribution < -0.4 is 5.43 Å². The first-order valence-electron chi connectivity index (χ1n) is 6.24. The van der Waals surface area contributed by atoms with Gasteiger partial charge < -0.3 is 0 Å². The van der Waals surface area contributed by atoms with Gasteiger partial charge in [0.2, 0.25) is 0 Å². The molecule has 98 valence electrons. The Kier molecular flexibility index (Phi) is 4.29. The van der Waals surface area contributed by atoms with Crippen molar-refractivity contribution >= 4 is 11.4 Å². The number of hydrogen-bond donors (Lipinski definition) is 1. The molecule has 19 heavy (non-hydrogen) atoms. The van der Waals surface area contributed by atoms with E-state index in [9.17, 15) is 4.39 Å². The van der Waals surface area contributed by atoms with Gasteiger partial charge in [-0.05, 0) is 43.7 Å².